The molecular formula is C121H90N7OP. The molecule has 0 saturated carbocycles. The number of aryl methyl sites for hydroxylation is 1. The lowest BCUT2D eigenvalue weighted by Crippen LogP contribution is -2.01. The van der Waals surface area contributed by atoms with Gasteiger partial charge in [-0.25, -0.2) is 29.9 Å². The number of benzene rings is 18. The molecule has 0 saturated heterocycles. The van der Waals surface area contributed by atoms with Crippen LogP contribution in [0, 0.1) is 0 Å². The van der Waals surface area contributed by atoms with Crippen LogP contribution in [0.5, 0.6) is 0 Å². The van der Waals surface area contributed by atoms with Crippen LogP contribution >= 0.6 is 7.14 Å². The maximum Gasteiger partial charge on any atom is 0.160 e. The van der Waals surface area contributed by atoms with Crippen LogP contribution in [0.2, 0.25) is 0 Å². The van der Waals surface area contributed by atoms with E-state index in [1.807, 2.05) is 67.9 Å². The summed E-state index contributed by atoms with van der Waals surface area (Å²) < 4.78 is 14.7. The number of nitrogens with zero attached hydrogens (tertiary/aromatic N) is 7. The van der Waals surface area contributed by atoms with Gasteiger partial charge in [-0.1, -0.05) is 427 Å². The Hall–Kier alpha value is -16.3. The second-order valence-electron chi connectivity index (χ2n) is 32.8. The van der Waals surface area contributed by atoms with E-state index in [9.17, 15) is 4.57 Å². The number of fused-ring (bicyclic) bond motifs is 10. The number of aromatic nitrogens is 7. The summed E-state index contributed by atoms with van der Waals surface area (Å²) in [5.74, 6) is 1.76. The highest BCUT2D eigenvalue weighted by atomic mass is 31.2. The van der Waals surface area contributed by atoms with Crippen LogP contribution in [0.1, 0.15) is 20.2 Å². The third kappa shape index (κ3) is 16.1. The molecular weight excluding hydrogens is 1600 g/mol. The summed E-state index contributed by atoms with van der Waals surface area (Å²) in [6.45, 7) is 5.77. The molecule has 0 radical (unpaired) electrons. The molecule has 0 aliphatic rings. The lowest BCUT2D eigenvalue weighted by Gasteiger charge is -2.18. The zero-order valence-electron chi connectivity index (χ0n) is 71.5. The minimum absolute atomic E-state index is 0. The number of hydrogen-bond acceptors (Lipinski definition) is 7. The van der Waals surface area contributed by atoms with Crippen molar-refractivity contribution in [3.63, 3.8) is 0 Å². The molecule has 0 unspecified atom stereocenters. The standard InChI is InChI=1S/C47H31N3.C40H29N3.C33H26NOP.CH4/c1-6-17-32(18-7-1)38-27-16-28-40-43(38)39-30-29-37(31-41(39)48-44(40)33-19-8-2-9-20-33)42-45(34-21-10-3-11-22-34)49-47(36-25-14-5-15-26-36)50-46(42)35-23-12-4-13-24-35;1-2-38-41-35-18-9-10-19-37(35)43(38)31-23-20-27(21-24-31)30-22-25-33-36(26-30)42-40(29-14-7-4-8-15-29)34-17-11-16-32(39(33)34)28-12-5-3-6-13-28;1-36(2,35)27-19-16-23(17-20-27)26-18-21-29-31(22-26)34-33(25-12-7-4-8-13-25)30-15-9-14-28(32(29)30)24-10-5-3-6-11-24;/h1-31H;3-26H,2H2,1H3;3-22H,1-2H3;1H4. The second kappa shape index (κ2) is 36.0. The summed E-state index contributed by atoms with van der Waals surface area (Å²) in [5, 5.41) is 11.4. The van der Waals surface area contributed by atoms with E-state index in [0.717, 1.165) is 178 Å². The van der Waals surface area contributed by atoms with Crippen molar-refractivity contribution in [1.82, 2.24) is 34.5 Å². The van der Waals surface area contributed by atoms with E-state index in [2.05, 4.69) is 412 Å². The molecule has 0 spiro atoms. The molecule has 18 aromatic carbocycles. The molecule has 0 amide bonds. The predicted molar refractivity (Wildman–Crippen MR) is 548 cm³/mol. The number of para-hydroxylation sites is 2. The molecule has 5 heterocycles. The van der Waals surface area contributed by atoms with E-state index in [4.69, 9.17) is 29.9 Å². The van der Waals surface area contributed by atoms with Gasteiger partial charge in [-0.15, -0.1) is 0 Å². The first-order valence-electron chi connectivity index (χ1n) is 43.8. The number of rotatable bonds is 15. The normalized spacial score (nSPS) is 11.3. The zero-order chi connectivity index (χ0) is 86.7. The van der Waals surface area contributed by atoms with Crippen LogP contribution in [0.3, 0.4) is 0 Å². The smallest absolute Gasteiger partial charge is 0.160 e. The maximum absolute atomic E-state index is 12.5. The van der Waals surface area contributed by atoms with Crippen LogP contribution in [0.4, 0.5) is 0 Å². The quantitative estimate of drug-likeness (QED) is 0.0745. The summed E-state index contributed by atoms with van der Waals surface area (Å²) in [4.78, 5) is 31.4. The van der Waals surface area contributed by atoms with Gasteiger partial charge in [-0.2, -0.15) is 0 Å². The predicted octanol–water partition coefficient (Wildman–Crippen LogP) is 31.7. The third-order valence-electron chi connectivity index (χ3n) is 24.4. The average Bonchev–Trinajstić information content (AvgIpc) is 0.891. The van der Waals surface area contributed by atoms with Crippen molar-refractivity contribution in [1.29, 1.82) is 0 Å². The molecule has 23 rings (SSSR count). The van der Waals surface area contributed by atoms with Gasteiger partial charge in [-0.05, 0) is 117 Å². The molecule has 130 heavy (non-hydrogen) atoms. The number of hydrogen-bond donors (Lipinski definition) is 0. The van der Waals surface area contributed by atoms with Crippen LogP contribution in [0.15, 0.2) is 455 Å². The van der Waals surface area contributed by atoms with Gasteiger partial charge in [0.05, 0.1) is 56.1 Å². The summed E-state index contributed by atoms with van der Waals surface area (Å²) >= 11 is 0. The number of pyridine rings is 3. The van der Waals surface area contributed by atoms with Gasteiger partial charge in [0.15, 0.2) is 5.82 Å². The summed E-state index contributed by atoms with van der Waals surface area (Å²) in [6, 6.07) is 159. The van der Waals surface area contributed by atoms with Crippen molar-refractivity contribution in [2.24, 2.45) is 0 Å². The van der Waals surface area contributed by atoms with Gasteiger partial charge in [-0.3, -0.25) is 4.57 Å². The molecule has 0 fully saturated rings. The molecule has 8 nitrogen and oxygen atoms in total. The van der Waals surface area contributed by atoms with E-state index >= 15 is 0 Å². The van der Waals surface area contributed by atoms with Crippen molar-refractivity contribution >= 4 is 88.5 Å². The fourth-order valence-electron chi connectivity index (χ4n) is 18.2. The Bertz CT molecular complexity index is 8070. The van der Waals surface area contributed by atoms with Crippen LogP contribution in [-0.2, 0) is 11.0 Å². The van der Waals surface area contributed by atoms with Crippen molar-refractivity contribution < 1.29 is 4.57 Å². The highest BCUT2D eigenvalue weighted by Gasteiger charge is 2.25. The fourth-order valence-corrected chi connectivity index (χ4v) is 19.1. The summed E-state index contributed by atoms with van der Waals surface area (Å²) in [5.41, 5.74) is 30.9. The monoisotopic (exact) mass is 1690 g/mol. The van der Waals surface area contributed by atoms with Gasteiger partial charge in [0.2, 0.25) is 0 Å². The van der Waals surface area contributed by atoms with E-state index in [0.29, 0.717) is 5.82 Å². The Kier molecular flexibility index (Phi) is 22.7. The molecule has 23 aromatic rings. The molecule has 0 bridgehead atoms. The largest absolute Gasteiger partial charge is 0.319 e. The summed E-state index contributed by atoms with van der Waals surface area (Å²) in [6.07, 6.45) is 0.870. The third-order valence-corrected chi connectivity index (χ3v) is 25.9. The molecule has 9 heteroatoms. The van der Waals surface area contributed by atoms with Crippen LogP contribution < -0.4 is 5.30 Å². The minimum Gasteiger partial charge on any atom is -0.319 e. The van der Waals surface area contributed by atoms with Crippen molar-refractivity contribution in [3.8, 4) is 140 Å². The summed E-state index contributed by atoms with van der Waals surface area (Å²) in [7, 11) is -2.28. The van der Waals surface area contributed by atoms with Gasteiger partial charge < -0.3 is 4.57 Å². The van der Waals surface area contributed by atoms with E-state index in [-0.39, 0.29) is 7.43 Å². The van der Waals surface area contributed by atoms with Crippen LogP contribution in [-0.4, -0.2) is 47.8 Å². The lowest BCUT2D eigenvalue weighted by molar-refractivity contribution is 0.588. The van der Waals surface area contributed by atoms with Crippen molar-refractivity contribution in [2.45, 2.75) is 20.8 Å². The van der Waals surface area contributed by atoms with Gasteiger partial charge >= 0.3 is 0 Å². The Labute approximate surface area is 757 Å². The first kappa shape index (κ1) is 82.1. The van der Waals surface area contributed by atoms with Gasteiger partial charge in [0, 0.05) is 105 Å². The molecule has 0 aliphatic heterocycles. The Morgan fingerprint density at radius 1 is 0.238 bits per heavy atom. The molecule has 5 aromatic heterocycles. The Morgan fingerprint density at radius 2 is 0.538 bits per heavy atom. The molecule has 0 N–H and O–H groups in total. The maximum atomic E-state index is 12.5. The van der Waals surface area contributed by atoms with E-state index < -0.39 is 7.14 Å². The highest BCUT2D eigenvalue weighted by molar-refractivity contribution is 7.70. The van der Waals surface area contributed by atoms with Crippen molar-refractivity contribution in [2.75, 3.05) is 13.3 Å². The molecule has 0 aliphatic carbocycles. The topological polar surface area (TPSA) is 99.3 Å². The van der Waals surface area contributed by atoms with E-state index in [1.165, 1.54) is 49.5 Å². The fraction of sp³-hybridized carbons (Fsp3) is 0.0413. The van der Waals surface area contributed by atoms with Crippen molar-refractivity contribution in [3.05, 3.63) is 461 Å². The molecule has 0 atom stereocenters. The number of imidazole rings is 1. The first-order chi connectivity index (χ1) is 63.6. The Balaban J connectivity index is 0.000000123. The zero-order valence-corrected chi connectivity index (χ0v) is 72.4. The highest BCUT2D eigenvalue weighted by Crippen LogP contribution is 2.47. The van der Waals surface area contributed by atoms with Gasteiger partial charge in [0.25, 0.3) is 0 Å². The van der Waals surface area contributed by atoms with Crippen LogP contribution in [0.25, 0.3) is 216 Å². The average molecular weight is 1690 g/mol. The van der Waals surface area contributed by atoms with Gasteiger partial charge in [0.1, 0.15) is 13.0 Å². The second-order valence-corrected chi connectivity index (χ2v) is 36.0. The molecule has 620 valence electrons. The minimum atomic E-state index is -2.28. The lowest BCUT2D eigenvalue weighted by atomic mass is 9.90. The van der Waals surface area contributed by atoms with E-state index in [1.54, 1.807) is 0 Å². The first-order valence-corrected chi connectivity index (χ1v) is 46.4. The Morgan fingerprint density at radius 3 is 0.892 bits per heavy atom. The SMILES string of the molecule is C.CCc1nc2ccccc2n1-c1ccc(-c2ccc3c(c2)nc(-c2ccccc2)c2cccc(-c4ccccc4)c23)cc1.CP(C)(=O)c1ccc(-c2ccc3c(c2)nc(-c2ccccc2)c2cccc(-c4ccccc4)c23)cc1.c1ccc(-c2nc(-c3ccccc3)c(-c3ccc4c(c3)nc(-c3ccccc3)c3cccc(-c5ccccc5)c34)c(-c3ccccc3)n2)cc1.